The Hall–Kier alpha value is -0.910. The second-order valence-corrected chi connectivity index (χ2v) is 6.01. The summed E-state index contributed by atoms with van der Waals surface area (Å²) in [6.07, 6.45) is 1.87. The standard InChI is InChI=1S/C15H21BrN2O2/c1-20-10-9-17-7-8-18-14(19)15(5-6-15)12-3-2-4-13(16)11-12/h2-4,11,17H,5-10H2,1H3,(H,18,19). The molecule has 20 heavy (non-hydrogen) atoms. The van der Waals surface area contributed by atoms with Crippen LogP contribution in [0.5, 0.6) is 0 Å². The van der Waals surface area contributed by atoms with Crippen LogP contribution in [0.3, 0.4) is 0 Å². The highest BCUT2D eigenvalue weighted by molar-refractivity contribution is 9.10. The zero-order chi connectivity index (χ0) is 14.4. The fourth-order valence-corrected chi connectivity index (χ4v) is 2.69. The van der Waals surface area contributed by atoms with E-state index >= 15 is 0 Å². The van der Waals surface area contributed by atoms with E-state index in [9.17, 15) is 4.79 Å². The number of rotatable bonds is 8. The van der Waals surface area contributed by atoms with Gasteiger partial charge in [0.1, 0.15) is 0 Å². The third-order valence-corrected chi connectivity index (χ3v) is 4.13. The van der Waals surface area contributed by atoms with Crippen molar-refractivity contribution in [2.75, 3.05) is 33.4 Å². The van der Waals surface area contributed by atoms with Gasteiger partial charge in [-0.05, 0) is 30.5 Å². The Labute approximate surface area is 128 Å². The highest BCUT2D eigenvalue weighted by Crippen LogP contribution is 2.48. The molecule has 0 bridgehead atoms. The summed E-state index contributed by atoms with van der Waals surface area (Å²) in [4.78, 5) is 12.3. The van der Waals surface area contributed by atoms with Crippen LogP contribution in [0.25, 0.3) is 0 Å². The van der Waals surface area contributed by atoms with E-state index in [4.69, 9.17) is 4.74 Å². The smallest absolute Gasteiger partial charge is 0.230 e. The monoisotopic (exact) mass is 340 g/mol. The fourth-order valence-electron chi connectivity index (χ4n) is 2.29. The van der Waals surface area contributed by atoms with Gasteiger partial charge in [-0.15, -0.1) is 0 Å². The van der Waals surface area contributed by atoms with E-state index < -0.39 is 0 Å². The highest BCUT2D eigenvalue weighted by atomic mass is 79.9. The first-order valence-corrected chi connectivity index (χ1v) is 7.72. The lowest BCUT2D eigenvalue weighted by Gasteiger charge is -2.16. The normalized spacial score (nSPS) is 15.9. The maximum atomic E-state index is 12.3. The number of carbonyl (C=O) groups is 1. The third kappa shape index (κ3) is 3.81. The van der Waals surface area contributed by atoms with Gasteiger partial charge in [-0.25, -0.2) is 0 Å². The molecular formula is C15H21BrN2O2. The number of carbonyl (C=O) groups excluding carboxylic acids is 1. The molecule has 0 heterocycles. The Kier molecular flexibility index (Phi) is 5.57. The quantitative estimate of drug-likeness (QED) is 0.710. The van der Waals surface area contributed by atoms with Crippen LogP contribution in [0.4, 0.5) is 0 Å². The van der Waals surface area contributed by atoms with E-state index in [0.717, 1.165) is 36.0 Å². The summed E-state index contributed by atoms with van der Waals surface area (Å²) in [5.74, 6) is 0.143. The Morgan fingerprint density at radius 2 is 2.15 bits per heavy atom. The highest BCUT2D eigenvalue weighted by Gasteiger charge is 2.51. The number of nitrogens with one attached hydrogen (secondary N) is 2. The minimum Gasteiger partial charge on any atom is -0.383 e. The van der Waals surface area contributed by atoms with Crippen LogP contribution >= 0.6 is 15.9 Å². The molecule has 0 aliphatic heterocycles. The lowest BCUT2D eigenvalue weighted by atomic mass is 9.95. The van der Waals surface area contributed by atoms with Crippen LogP contribution < -0.4 is 10.6 Å². The molecule has 0 spiro atoms. The summed E-state index contributed by atoms with van der Waals surface area (Å²) in [7, 11) is 1.68. The summed E-state index contributed by atoms with van der Waals surface area (Å²) in [5.41, 5.74) is 0.813. The predicted molar refractivity (Wildman–Crippen MR) is 82.8 cm³/mol. The van der Waals surface area contributed by atoms with Gasteiger partial charge < -0.3 is 15.4 Å². The number of methoxy groups -OCH3 is 1. The van der Waals surface area contributed by atoms with Gasteiger partial charge in [0.25, 0.3) is 0 Å². The number of benzene rings is 1. The summed E-state index contributed by atoms with van der Waals surface area (Å²) in [6.45, 7) is 2.92. The zero-order valence-electron chi connectivity index (χ0n) is 11.7. The number of amides is 1. The Bertz CT molecular complexity index is 461. The molecule has 1 fully saturated rings. The molecule has 110 valence electrons. The molecule has 0 aromatic heterocycles. The molecule has 2 rings (SSSR count). The molecular weight excluding hydrogens is 320 g/mol. The lowest BCUT2D eigenvalue weighted by molar-refractivity contribution is -0.123. The molecule has 2 N–H and O–H groups in total. The Morgan fingerprint density at radius 3 is 2.80 bits per heavy atom. The summed E-state index contributed by atoms with van der Waals surface area (Å²) < 4.78 is 5.97. The SMILES string of the molecule is COCCNCCNC(=O)C1(c2cccc(Br)c2)CC1. The van der Waals surface area contributed by atoms with Gasteiger partial charge in [0, 0.05) is 31.2 Å². The molecule has 4 nitrogen and oxygen atoms in total. The minimum atomic E-state index is -0.295. The van der Waals surface area contributed by atoms with Crippen LogP contribution in [0.2, 0.25) is 0 Å². The summed E-state index contributed by atoms with van der Waals surface area (Å²) in [6, 6.07) is 8.05. The van der Waals surface area contributed by atoms with Crippen molar-refractivity contribution < 1.29 is 9.53 Å². The van der Waals surface area contributed by atoms with Crippen molar-refractivity contribution in [2.45, 2.75) is 18.3 Å². The van der Waals surface area contributed by atoms with Crippen LogP contribution in [0.1, 0.15) is 18.4 Å². The van der Waals surface area contributed by atoms with Gasteiger partial charge in [0.2, 0.25) is 5.91 Å². The van der Waals surface area contributed by atoms with Crippen LogP contribution in [0, 0.1) is 0 Å². The topological polar surface area (TPSA) is 50.4 Å². The largest absolute Gasteiger partial charge is 0.383 e. The zero-order valence-corrected chi connectivity index (χ0v) is 13.3. The van der Waals surface area contributed by atoms with Crippen molar-refractivity contribution >= 4 is 21.8 Å². The molecule has 1 aliphatic rings. The average Bonchev–Trinajstić information content (AvgIpc) is 3.24. The molecule has 5 heteroatoms. The van der Waals surface area contributed by atoms with Crippen LogP contribution in [0.15, 0.2) is 28.7 Å². The predicted octanol–water partition coefficient (Wildman–Crippen LogP) is 1.83. The first kappa shape index (κ1) is 15.5. The van der Waals surface area contributed by atoms with Crippen LogP contribution in [-0.4, -0.2) is 39.3 Å². The Morgan fingerprint density at radius 1 is 1.35 bits per heavy atom. The van der Waals surface area contributed by atoms with E-state index in [1.54, 1.807) is 7.11 Å². The van der Waals surface area contributed by atoms with Gasteiger partial charge in [-0.3, -0.25) is 4.79 Å². The van der Waals surface area contributed by atoms with Crippen molar-refractivity contribution in [3.63, 3.8) is 0 Å². The van der Waals surface area contributed by atoms with Gasteiger partial charge >= 0.3 is 0 Å². The van der Waals surface area contributed by atoms with Crippen molar-refractivity contribution in [2.24, 2.45) is 0 Å². The third-order valence-electron chi connectivity index (χ3n) is 3.63. The van der Waals surface area contributed by atoms with E-state index in [1.165, 1.54) is 0 Å². The van der Waals surface area contributed by atoms with Gasteiger partial charge in [-0.2, -0.15) is 0 Å². The maximum Gasteiger partial charge on any atom is 0.230 e. The molecule has 1 aliphatic carbocycles. The number of hydrogen-bond acceptors (Lipinski definition) is 3. The number of ether oxygens (including phenoxy) is 1. The fraction of sp³-hybridized carbons (Fsp3) is 0.533. The van der Waals surface area contributed by atoms with Gasteiger partial charge in [-0.1, -0.05) is 28.1 Å². The molecule has 0 atom stereocenters. The van der Waals surface area contributed by atoms with Crippen molar-refractivity contribution in [3.05, 3.63) is 34.3 Å². The van der Waals surface area contributed by atoms with E-state index in [1.807, 2.05) is 24.3 Å². The molecule has 0 unspecified atom stereocenters. The first-order chi connectivity index (χ1) is 9.69. The van der Waals surface area contributed by atoms with Crippen molar-refractivity contribution in [1.29, 1.82) is 0 Å². The summed E-state index contributed by atoms with van der Waals surface area (Å²) >= 11 is 3.47. The number of halogens is 1. The molecule has 1 aromatic rings. The maximum absolute atomic E-state index is 12.3. The molecule has 1 saturated carbocycles. The Balaban J connectivity index is 1.80. The average molecular weight is 341 g/mol. The van der Waals surface area contributed by atoms with Gasteiger partial charge in [0.05, 0.1) is 12.0 Å². The molecule has 0 saturated heterocycles. The van der Waals surface area contributed by atoms with E-state index in [0.29, 0.717) is 13.2 Å². The second kappa shape index (κ2) is 7.20. The second-order valence-electron chi connectivity index (χ2n) is 5.09. The molecule has 1 aromatic carbocycles. The first-order valence-electron chi connectivity index (χ1n) is 6.93. The molecule has 0 radical (unpaired) electrons. The lowest BCUT2D eigenvalue weighted by Crippen LogP contribution is -2.39. The van der Waals surface area contributed by atoms with Crippen LogP contribution in [-0.2, 0) is 14.9 Å². The number of hydrogen-bond donors (Lipinski definition) is 2. The van der Waals surface area contributed by atoms with Crippen molar-refractivity contribution in [3.8, 4) is 0 Å². The molecule has 1 amide bonds. The van der Waals surface area contributed by atoms with Gasteiger partial charge in [0.15, 0.2) is 0 Å². The van der Waals surface area contributed by atoms with Crippen molar-refractivity contribution in [1.82, 2.24) is 10.6 Å². The minimum absolute atomic E-state index is 0.143. The van der Waals surface area contributed by atoms with E-state index in [2.05, 4.69) is 26.6 Å². The van der Waals surface area contributed by atoms with E-state index in [-0.39, 0.29) is 11.3 Å². The summed E-state index contributed by atoms with van der Waals surface area (Å²) in [5, 5.41) is 6.24.